The lowest BCUT2D eigenvalue weighted by Gasteiger charge is -2.29. The van der Waals surface area contributed by atoms with Crippen molar-refractivity contribution in [2.24, 2.45) is 0 Å². The van der Waals surface area contributed by atoms with Crippen LogP contribution in [0.3, 0.4) is 0 Å². The van der Waals surface area contributed by atoms with Crippen LogP contribution in [0.15, 0.2) is 20.1 Å². The molecule has 0 aromatic carbocycles. The van der Waals surface area contributed by atoms with Crippen LogP contribution in [0, 0.1) is 10.1 Å². The summed E-state index contributed by atoms with van der Waals surface area (Å²) in [6, 6.07) is 0. The van der Waals surface area contributed by atoms with Crippen LogP contribution in [0.1, 0.15) is 0 Å². The maximum absolute atomic E-state index is 11.4. The van der Waals surface area contributed by atoms with Crippen LogP contribution in [0.4, 0.5) is 0 Å². The summed E-state index contributed by atoms with van der Waals surface area (Å²) in [7, 11) is 0. The van der Waals surface area contributed by atoms with Gasteiger partial charge in [0.15, 0.2) is 0 Å². The zero-order chi connectivity index (χ0) is 13.8. The van der Waals surface area contributed by atoms with E-state index in [0.717, 1.165) is 11.5 Å². The molecule has 0 aromatic rings. The first-order valence-corrected chi connectivity index (χ1v) is 8.36. The predicted molar refractivity (Wildman–Crippen MR) is 80.1 cm³/mol. The van der Waals surface area contributed by atoms with Gasteiger partial charge in [0.1, 0.15) is 14.4 Å². The fraction of sp³-hybridized carbons (Fsp3) is 0.600. The molecule has 0 N–H and O–H groups in total. The summed E-state index contributed by atoms with van der Waals surface area (Å²) >= 11 is 14.8. The van der Waals surface area contributed by atoms with Crippen LogP contribution < -0.4 is 0 Å². The van der Waals surface area contributed by atoms with E-state index in [1.165, 1.54) is 23.5 Å². The van der Waals surface area contributed by atoms with Crippen LogP contribution in [0.25, 0.3) is 0 Å². The molecule has 0 aromatic heterocycles. The molecule has 2 aliphatic heterocycles. The predicted octanol–water partition coefficient (Wildman–Crippen LogP) is 2.89. The van der Waals surface area contributed by atoms with E-state index in [1.54, 1.807) is 0 Å². The molecule has 0 bridgehead atoms. The van der Waals surface area contributed by atoms with Crippen molar-refractivity contribution < 1.29 is 9.66 Å². The van der Waals surface area contributed by atoms with Gasteiger partial charge in [0.2, 0.25) is 0 Å². The molecule has 2 aliphatic rings. The Kier molecular flexibility index (Phi) is 5.70. The summed E-state index contributed by atoms with van der Waals surface area (Å²) in [6.07, 6.45) is 0. The van der Waals surface area contributed by atoms with Crippen LogP contribution in [0.5, 0.6) is 0 Å². The van der Waals surface area contributed by atoms with Crippen molar-refractivity contribution in [2.45, 2.75) is 0 Å². The lowest BCUT2D eigenvalue weighted by Crippen LogP contribution is -2.37. The standard InChI is InChI=1S/C10H12Cl2N2O3S2/c11-9(12)7(13-1-3-17-4-2-13)8(14(15)16)10-18-5-6-19-10/h1-6H2. The van der Waals surface area contributed by atoms with E-state index in [4.69, 9.17) is 27.9 Å². The number of hydrogen-bond acceptors (Lipinski definition) is 6. The number of nitro groups is 1. The summed E-state index contributed by atoms with van der Waals surface area (Å²) in [6.45, 7) is 2.15. The Morgan fingerprint density at radius 2 is 1.84 bits per heavy atom. The molecule has 5 nitrogen and oxygen atoms in total. The van der Waals surface area contributed by atoms with E-state index >= 15 is 0 Å². The molecule has 0 amide bonds. The number of halogens is 2. The molecular weight excluding hydrogens is 331 g/mol. The Morgan fingerprint density at radius 3 is 2.32 bits per heavy atom. The van der Waals surface area contributed by atoms with Crippen molar-refractivity contribution in [1.82, 2.24) is 4.90 Å². The molecule has 2 rings (SSSR count). The lowest BCUT2D eigenvalue weighted by atomic mass is 10.3. The van der Waals surface area contributed by atoms with Crippen molar-refractivity contribution >= 4 is 46.7 Å². The van der Waals surface area contributed by atoms with E-state index in [-0.39, 0.29) is 10.2 Å². The molecule has 9 heteroatoms. The highest BCUT2D eigenvalue weighted by atomic mass is 35.5. The first kappa shape index (κ1) is 15.3. The Labute approximate surface area is 129 Å². The molecule has 19 heavy (non-hydrogen) atoms. The van der Waals surface area contributed by atoms with Crippen molar-refractivity contribution in [1.29, 1.82) is 0 Å². The Balaban J connectivity index is 2.38. The van der Waals surface area contributed by atoms with Gasteiger partial charge in [-0.25, -0.2) is 0 Å². The summed E-state index contributed by atoms with van der Waals surface area (Å²) in [5, 5.41) is 11.4. The second kappa shape index (κ2) is 7.08. The maximum Gasteiger partial charge on any atom is 0.314 e. The number of morpholine rings is 1. The number of hydrogen-bond donors (Lipinski definition) is 0. The minimum Gasteiger partial charge on any atom is -0.378 e. The number of ether oxygens (including phenoxy) is 1. The average Bonchev–Trinajstić information content (AvgIpc) is 2.89. The second-order valence-electron chi connectivity index (χ2n) is 3.80. The summed E-state index contributed by atoms with van der Waals surface area (Å²) in [4.78, 5) is 12.8. The minimum absolute atomic E-state index is 0.0226. The first-order valence-electron chi connectivity index (χ1n) is 5.64. The highest BCUT2D eigenvalue weighted by molar-refractivity contribution is 8.25. The van der Waals surface area contributed by atoms with Crippen LogP contribution in [-0.2, 0) is 4.74 Å². The van der Waals surface area contributed by atoms with Gasteiger partial charge in [-0.2, -0.15) is 0 Å². The van der Waals surface area contributed by atoms with E-state index < -0.39 is 4.92 Å². The van der Waals surface area contributed by atoms with Gasteiger partial charge >= 0.3 is 5.70 Å². The largest absolute Gasteiger partial charge is 0.378 e. The van der Waals surface area contributed by atoms with Crippen LogP contribution in [0.2, 0.25) is 0 Å². The van der Waals surface area contributed by atoms with E-state index in [0.29, 0.717) is 36.2 Å². The quantitative estimate of drug-likeness (QED) is 0.580. The third-order valence-corrected chi connectivity index (χ3v) is 5.71. The normalized spacial score (nSPS) is 19.5. The van der Waals surface area contributed by atoms with Gasteiger partial charge in [-0.3, -0.25) is 10.1 Å². The lowest BCUT2D eigenvalue weighted by molar-refractivity contribution is -0.422. The zero-order valence-corrected chi connectivity index (χ0v) is 13.1. The van der Waals surface area contributed by atoms with Gasteiger partial charge in [0, 0.05) is 24.6 Å². The fourth-order valence-corrected chi connectivity index (χ4v) is 4.76. The third-order valence-electron chi connectivity index (χ3n) is 2.66. The van der Waals surface area contributed by atoms with Crippen LogP contribution in [-0.4, -0.2) is 47.6 Å². The molecule has 106 valence electrons. The highest BCUT2D eigenvalue weighted by Gasteiger charge is 2.33. The Bertz CT molecular complexity index is 424. The zero-order valence-electron chi connectivity index (χ0n) is 9.93. The Morgan fingerprint density at radius 1 is 1.26 bits per heavy atom. The molecule has 0 saturated carbocycles. The van der Waals surface area contributed by atoms with E-state index in [1.807, 2.05) is 4.90 Å². The molecule has 0 aliphatic carbocycles. The van der Waals surface area contributed by atoms with Gasteiger partial charge in [-0.1, -0.05) is 23.2 Å². The number of thioether (sulfide) groups is 2. The van der Waals surface area contributed by atoms with Gasteiger partial charge in [-0.15, -0.1) is 23.5 Å². The molecule has 0 radical (unpaired) electrons. The van der Waals surface area contributed by atoms with Crippen molar-refractivity contribution in [3.05, 3.63) is 30.2 Å². The van der Waals surface area contributed by atoms with Crippen molar-refractivity contribution in [3.8, 4) is 0 Å². The summed E-state index contributed by atoms with van der Waals surface area (Å²) in [5.41, 5.74) is 0.336. The van der Waals surface area contributed by atoms with Gasteiger partial charge in [0.25, 0.3) is 0 Å². The minimum atomic E-state index is -0.393. The molecule has 0 unspecified atom stereocenters. The SMILES string of the molecule is O=[N+]([O-])C(=C1SCCS1)C(=C(Cl)Cl)N1CCOCC1. The average molecular weight is 343 g/mol. The van der Waals surface area contributed by atoms with E-state index in [2.05, 4.69) is 0 Å². The second-order valence-corrected chi connectivity index (χ2v) is 7.22. The number of nitrogens with zero attached hydrogens (tertiary/aromatic N) is 2. The molecule has 0 spiro atoms. The smallest absolute Gasteiger partial charge is 0.314 e. The summed E-state index contributed by atoms with van der Waals surface area (Å²) < 4.78 is 5.87. The molecule has 2 saturated heterocycles. The topological polar surface area (TPSA) is 55.6 Å². The van der Waals surface area contributed by atoms with Crippen LogP contribution >= 0.6 is 46.7 Å². The van der Waals surface area contributed by atoms with Crippen molar-refractivity contribution in [2.75, 3.05) is 37.8 Å². The van der Waals surface area contributed by atoms with Gasteiger partial charge in [-0.05, 0) is 0 Å². The monoisotopic (exact) mass is 342 g/mol. The molecular formula is C10H12Cl2N2O3S2. The third kappa shape index (κ3) is 3.72. The highest BCUT2D eigenvalue weighted by Crippen LogP contribution is 2.42. The van der Waals surface area contributed by atoms with Crippen molar-refractivity contribution in [3.63, 3.8) is 0 Å². The molecule has 2 fully saturated rings. The van der Waals surface area contributed by atoms with Gasteiger partial charge in [0.05, 0.1) is 18.1 Å². The fourth-order valence-electron chi connectivity index (χ4n) is 1.85. The summed E-state index contributed by atoms with van der Waals surface area (Å²) in [5.74, 6) is 1.74. The number of rotatable bonds is 3. The maximum atomic E-state index is 11.4. The Hall–Kier alpha value is -0.0800. The molecule has 2 heterocycles. The van der Waals surface area contributed by atoms with Gasteiger partial charge < -0.3 is 9.64 Å². The first-order chi connectivity index (χ1) is 9.11. The molecule has 0 atom stereocenters. The van der Waals surface area contributed by atoms with E-state index in [9.17, 15) is 10.1 Å².